The molecule has 2 atom stereocenters. The second kappa shape index (κ2) is 9.85. The highest BCUT2D eigenvalue weighted by Crippen LogP contribution is 2.50. The number of nitrogens with zero attached hydrogens (tertiary/aromatic N) is 1. The number of carbonyl (C=O) groups is 2. The summed E-state index contributed by atoms with van der Waals surface area (Å²) in [5, 5.41) is 11.9. The zero-order chi connectivity index (χ0) is 28.8. The number of methoxy groups -OCH3 is 1. The van der Waals surface area contributed by atoms with Gasteiger partial charge in [-0.25, -0.2) is 8.42 Å². The van der Waals surface area contributed by atoms with Crippen molar-refractivity contribution in [2.45, 2.75) is 48.5 Å². The molecule has 1 heterocycles. The number of ether oxygens (including phenoxy) is 1. The highest BCUT2D eigenvalue weighted by atomic mass is 32.2. The fourth-order valence-corrected chi connectivity index (χ4v) is 4.65. The van der Waals surface area contributed by atoms with Crippen molar-refractivity contribution in [3.8, 4) is 0 Å². The van der Waals surface area contributed by atoms with Crippen LogP contribution in [0.4, 0.5) is 32.0 Å². The van der Waals surface area contributed by atoms with Gasteiger partial charge in [-0.05, 0) is 42.3 Å². The summed E-state index contributed by atoms with van der Waals surface area (Å²) in [6.07, 6.45) is -12.2. The Morgan fingerprint density at radius 1 is 1.05 bits per heavy atom. The number of amides is 2. The maximum absolute atomic E-state index is 13.2. The summed E-state index contributed by atoms with van der Waals surface area (Å²) in [5.74, 6) is -1.50. The van der Waals surface area contributed by atoms with E-state index in [1.54, 1.807) is 0 Å². The van der Waals surface area contributed by atoms with Gasteiger partial charge in [-0.3, -0.25) is 9.59 Å². The smallest absolute Gasteiger partial charge is 0.372 e. The van der Waals surface area contributed by atoms with Crippen LogP contribution in [0.2, 0.25) is 0 Å². The van der Waals surface area contributed by atoms with E-state index in [1.165, 1.54) is 32.2 Å². The molecule has 0 spiro atoms. The summed E-state index contributed by atoms with van der Waals surface area (Å²) in [7, 11) is -2.36. The Kier molecular flexibility index (Phi) is 7.62. The molecule has 0 bridgehead atoms. The average molecular weight is 568 g/mol. The molecule has 2 N–H and O–H groups in total. The summed E-state index contributed by atoms with van der Waals surface area (Å²) in [6, 6.07) is 4.79. The highest BCUT2D eigenvalue weighted by Gasteiger charge is 2.71. The number of alkyl halides is 6. The van der Waals surface area contributed by atoms with E-state index >= 15 is 0 Å². The van der Waals surface area contributed by atoms with Crippen LogP contribution < -0.4 is 5.32 Å². The Morgan fingerprint density at radius 2 is 1.61 bits per heavy atom. The van der Waals surface area contributed by atoms with Gasteiger partial charge in [0.25, 0.3) is 17.4 Å². The molecule has 3 rings (SSSR count). The minimum absolute atomic E-state index is 0.0538. The lowest BCUT2D eigenvalue weighted by atomic mass is 9.92. The Hall–Kier alpha value is -3.17. The first-order valence-electron chi connectivity index (χ1n) is 10.8. The molecular weight excluding hydrogens is 546 g/mol. The third kappa shape index (κ3) is 5.22. The van der Waals surface area contributed by atoms with Crippen LogP contribution in [0.15, 0.2) is 47.4 Å². The van der Waals surface area contributed by atoms with Crippen molar-refractivity contribution in [2.75, 3.05) is 18.7 Å². The lowest BCUT2D eigenvalue weighted by Gasteiger charge is -2.32. The van der Waals surface area contributed by atoms with Crippen molar-refractivity contribution in [3.05, 3.63) is 59.2 Å². The van der Waals surface area contributed by atoms with Gasteiger partial charge in [0.15, 0.2) is 9.84 Å². The summed E-state index contributed by atoms with van der Waals surface area (Å²) < 4.78 is 108. The zero-order valence-electron chi connectivity index (χ0n) is 20.0. The Labute approximate surface area is 213 Å². The number of benzene rings is 2. The fraction of sp³-hybridized carbons (Fsp3) is 0.391. The van der Waals surface area contributed by atoms with Crippen LogP contribution in [-0.4, -0.2) is 62.1 Å². The van der Waals surface area contributed by atoms with Crippen molar-refractivity contribution >= 4 is 27.3 Å². The number of nitrogens with one attached hydrogen (secondary N) is 1. The second-order valence-corrected chi connectivity index (χ2v) is 10.7. The van der Waals surface area contributed by atoms with Gasteiger partial charge >= 0.3 is 12.4 Å². The van der Waals surface area contributed by atoms with Crippen molar-refractivity contribution in [3.63, 3.8) is 0 Å². The zero-order valence-corrected chi connectivity index (χ0v) is 20.8. The average Bonchev–Trinajstić information content (AvgIpc) is 3.20. The molecule has 2 aromatic rings. The van der Waals surface area contributed by atoms with Crippen LogP contribution >= 0.6 is 0 Å². The number of aliphatic hydroxyl groups is 1. The topological polar surface area (TPSA) is 113 Å². The SMILES string of the molecule is COC(C)C(=O)N1Cc2cc(S(C)(=O)=O)ccc2C1C(=O)Nc1ccc(C(O)(C(F)(F)F)C(F)(F)F)cc1. The standard InChI is InChI=1S/C23H22F6N2O6S/c1-12(37-2)20(33)31-11-13-10-16(38(3,35)36)8-9-17(13)18(31)19(32)30-15-6-4-14(5-7-15)21(34,22(24,25)26)23(27,28)29/h4-10,12,18,34H,11H2,1-3H3,(H,30,32). The van der Waals surface area contributed by atoms with Gasteiger partial charge in [0, 0.05) is 31.2 Å². The molecule has 2 unspecified atom stereocenters. The molecule has 8 nitrogen and oxygen atoms in total. The van der Waals surface area contributed by atoms with Crippen molar-refractivity contribution in [1.82, 2.24) is 4.90 Å². The van der Waals surface area contributed by atoms with E-state index in [4.69, 9.17) is 4.74 Å². The molecule has 0 aliphatic carbocycles. The molecule has 38 heavy (non-hydrogen) atoms. The number of carbonyl (C=O) groups excluding carboxylic acids is 2. The van der Waals surface area contributed by atoms with Crippen molar-refractivity contribution in [2.24, 2.45) is 0 Å². The minimum atomic E-state index is -6.08. The van der Waals surface area contributed by atoms with Gasteiger partial charge in [0.2, 0.25) is 0 Å². The van der Waals surface area contributed by atoms with Crippen LogP contribution in [0, 0.1) is 0 Å². The van der Waals surface area contributed by atoms with E-state index in [1.807, 2.05) is 0 Å². The number of hydrogen-bond donors (Lipinski definition) is 2. The highest BCUT2D eigenvalue weighted by molar-refractivity contribution is 7.90. The molecule has 15 heteroatoms. The normalized spacial score (nSPS) is 17.2. The van der Waals surface area contributed by atoms with Crippen LogP contribution in [0.3, 0.4) is 0 Å². The van der Waals surface area contributed by atoms with Crippen LogP contribution in [0.5, 0.6) is 0 Å². The van der Waals surface area contributed by atoms with Crippen LogP contribution in [0.25, 0.3) is 0 Å². The number of fused-ring (bicyclic) bond motifs is 1. The molecule has 1 aliphatic heterocycles. The van der Waals surface area contributed by atoms with Crippen molar-refractivity contribution < 1.29 is 54.2 Å². The summed E-state index contributed by atoms with van der Waals surface area (Å²) >= 11 is 0. The first-order chi connectivity index (χ1) is 17.3. The van der Waals surface area contributed by atoms with Gasteiger partial charge in [0.05, 0.1) is 4.90 Å². The molecule has 1 aliphatic rings. The fourth-order valence-electron chi connectivity index (χ4n) is 3.97. The van der Waals surface area contributed by atoms with Gasteiger partial charge in [-0.2, -0.15) is 26.3 Å². The van der Waals surface area contributed by atoms with E-state index < -0.39 is 57.3 Å². The third-order valence-electron chi connectivity index (χ3n) is 6.11. The van der Waals surface area contributed by atoms with Crippen molar-refractivity contribution in [1.29, 1.82) is 0 Å². The molecule has 208 valence electrons. The molecule has 0 fully saturated rings. The van der Waals surface area contributed by atoms with Gasteiger partial charge < -0.3 is 20.1 Å². The Balaban J connectivity index is 1.96. The molecule has 2 amide bonds. The lowest BCUT2D eigenvalue weighted by Crippen LogP contribution is -2.53. The van der Waals surface area contributed by atoms with E-state index in [2.05, 4.69) is 5.32 Å². The maximum Gasteiger partial charge on any atom is 0.430 e. The van der Waals surface area contributed by atoms with E-state index in [0.717, 1.165) is 23.3 Å². The molecular formula is C23H22F6N2O6S. The summed E-state index contributed by atoms with van der Waals surface area (Å²) in [6.45, 7) is 1.26. The Morgan fingerprint density at radius 3 is 2.08 bits per heavy atom. The first kappa shape index (κ1) is 29.4. The quantitative estimate of drug-likeness (QED) is 0.517. The lowest BCUT2D eigenvalue weighted by molar-refractivity contribution is -0.376. The number of sulfone groups is 1. The van der Waals surface area contributed by atoms with Gasteiger partial charge in [0.1, 0.15) is 12.1 Å². The second-order valence-electron chi connectivity index (χ2n) is 8.65. The predicted octanol–water partition coefficient (Wildman–Crippen LogP) is 3.46. The summed E-state index contributed by atoms with van der Waals surface area (Å²) in [5.41, 5.74) is -6.25. The largest absolute Gasteiger partial charge is 0.430 e. The maximum atomic E-state index is 13.2. The number of hydrogen-bond acceptors (Lipinski definition) is 6. The third-order valence-corrected chi connectivity index (χ3v) is 7.22. The number of anilines is 1. The minimum Gasteiger partial charge on any atom is -0.372 e. The molecule has 0 aromatic heterocycles. The molecule has 2 aromatic carbocycles. The Bertz CT molecular complexity index is 1330. The predicted molar refractivity (Wildman–Crippen MR) is 120 cm³/mol. The number of halogens is 6. The molecule has 0 saturated heterocycles. The van der Waals surface area contributed by atoms with Gasteiger partial charge in [-0.15, -0.1) is 0 Å². The van der Waals surface area contributed by atoms with Crippen LogP contribution in [0.1, 0.15) is 29.7 Å². The first-order valence-corrected chi connectivity index (χ1v) is 12.7. The van der Waals surface area contributed by atoms with Crippen LogP contribution in [-0.2, 0) is 36.3 Å². The molecule has 0 radical (unpaired) electrons. The monoisotopic (exact) mass is 568 g/mol. The van der Waals surface area contributed by atoms with E-state index in [9.17, 15) is 49.5 Å². The van der Waals surface area contributed by atoms with E-state index in [-0.39, 0.29) is 22.7 Å². The number of rotatable bonds is 6. The summed E-state index contributed by atoms with van der Waals surface area (Å²) in [4.78, 5) is 27.2. The molecule has 0 saturated carbocycles. The van der Waals surface area contributed by atoms with E-state index in [0.29, 0.717) is 17.7 Å². The van der Waals surface area contributed by atoms with Gasteiger partial charge in [-0.1, -0.05) is 18.2 Å².